The first-order valence-corrected chi connectivity index (χ1v) is 27.8. The minimum atomic E-state index is -4.41. The van der Waals surface area contributed by atoms with Crippen molar-refractivity contribution in [1.82, 2.24) is 0 Å². The molecule has 0 heterocycles. The third kappa shape index (κ3) is 50.6. The van der Waals surface area contributed by atoms with Gasteiger partial charge in [-0.15, -0.1) is 0 Å². The number of quaternary nitrogens is 1. The van der Waals surface area contributed by atoms with Crippen LogP contribution in [0.15, 0.2) is 85.1 Å². The van der Waals surface area contributed by atoms with E-state index >= 15 is 0 Å². The molecule has 0 amide bonds. The molecule has 0 bridgehead atoms. The van der Waals surface area contributed by atoms with Crippen molar-refractivity contribution in [2.75, 3.05) is 47.5 Å². The lowest BCUT2D eigenvalue weighted by Crippen LogP contribution is -2.37. The summed E-state index contributed by atoms with van der Waals surface area (Å²) in [5.41, 5.74) is 0. The SMILES string of the molecule is CC/C=C\C/C=C\C/C=C\C/C=C\C/C=C\C/C=C\CCC(=O)OC(COC(=O)CCCCCCCCCCCCC/C=C\CCCCCCCCCC)COP(=O)(O)OCC[N+](C)(C)C. The number of ether oxygens (including phenoxy) is 2. The van der Waals surface area contributed by atoms with Gasteiger partial charge in [0.05, 0.1) is 27.7 Å². The maximum atomic E-state index is 12.7. The Balaban J connectivity index is 4.33. The number of phosphoric ester groups is 1. The number of rotatable bonds is 47. The van der Waals surface area contributed by atoms with E-state index < -0.39 is 26.5 Å². The quantitative estimate of drug-likeness (QED) is 0.0211. The van der Waals surface area contributed by atoms with Crippen molar-refractivity contribution in [3.8, 4) is 0 Å². The molecular weight excluding hydrogens is 846 g/mol. The summed E-state index contributed by atoms with van der Waals surface area (Å²) >= 11 is 0. The fourth-order valence-corrected chi connectivity index (χ4v) is 7.60. The van der Waals surface area contributed by atoms with Crippen LogP contribution >= 0.6 is 7.82 Å². The second-order valence-corrected chi connectivity index (χ2v) is 20.0. The van der Waals surface area contributed by atoms with E-state index in [1.54, 1.807) is 0 Å². The molecule has 10 heteroatoms. The standard InChI is InChI=1S/C56H98NO8P/c1-6-8-10-12-14-16-18-20-22-24-26-27-28-29-31-32-34-36-38-40-42-44-46-48-55(58)62-52-54(53-64-66(60,61)63-51-50-57(3,4)5)65-56(59)49-47-45-43-41-39-37-35-33-30-25-23-21-19-17-15-13-11-9-7-2/h9,11,15,17,21,23-24,26,30,33,37,39,43,45,54H,6-8,10,12-14,16,18-20,22,25,27-29,31-32,34-36,38,40-42,44,46-53H2,1-5H3/p+1/b11-9-,17-15-,23-21-,26-24-,33-30-,39-37-,45-43-. The first-order chi connectivity index (χ1) is 32.0. The number of hydrogen-bond acceptors (Lipinski definition) is 7. The zero-order valence-electron chi connectivity index (χ0n) is 42.9. The Morgan fingerprint density at radius 2 is 0.894 bits per heavy atom. The normalized spacial score (nSPS) is 14.1. The molecule has 0 aliphatic rings. The Bertz CT molecular complexity index is 1390. The van der Waals surface area contributed by atoms with Gasteiger partial charge in [0.15, 0.2) is 6.10 Å². The highest BCUT2D eigenvalue weighted by Gasteiger charge is 2.27. The van der Waals surface area contributed by atoms with E-state index in [9.17, 15) is 19.0 Å². The van der Waals surface area contributed by atoms with Crippen molar-refractivity contribution in [2.45, 2.75) is 213 Å². The predicted octanol–water partition coefficient (Wildman–Crippen LogP) is 15.9. The number of hydrogen-bond donors (Lipinski definition) is 1. The molecule has 0 radical (unpaired) electrons. The molecular formula is C56H99NO8P+. The van der Waals surface area contributed by atoms with Gasteiger partial charge in [0.2, 0.25) is 0 Å². The van der Waals surface area contributed by atoms with E-state index in [-0.39, 0.29) is 32.0 Å². The minimum absolute atomic E-state index is 0.0143. The van der Waals surface area contributed by atoms with Gasteiger partial charge in [-0.1, -0.05) is 202 Å². The predicted molar refractivity (Wildman–Crippen MR) is 279 cm³/mol. The Morgan fingerprint density at radius 1 is 0.485 bits per heavy atom. The van der Waals surface area contributed by atoms with E-state index in [1.807, 2.05) is 33.3 Å². The van der Waals surface area contributed by atoms with Crippen molar-refractivity contribution in [3.63, 3.8) is 0 Å². The molecule has 0 saturated heterocycles. The molecule has 0 aliphatic heterocycles. The molecule has 1 N–H and O–H groups in total. The van der Waals surface area contributed by atoms with Crippen LogP contribution in [0.1, 0.15) is 206 Å². The smallest absolute Gasteiger partial charge is 0.462 e. The summed E-state index contributed by atoms with van der Waals surface area (Å²) in [5.74, 6) is -0.899. The lowest BCUT2D eigenvalue weighted by Gasteiger charge is -2.24. The highest BCUT2D eigenvalue weighted by Crippen LogP contribution is 2.43. The number of allylic oxidation sites excluding steroid dienone is 14. The number of unbranched alkanes of at least 4 members (excludes halogenated alkanes) is 19. The van der Waals surface area contributed by atoms with Gasteiger partial charge in [0.25, 0.3) is 0 Å². The molecule has 0 spiro atoms. The van der Waals surface area contributed by atoms with Crippen molar-refractivity contribution in [3.05, 3.63) is 85.1 Å². The second-order valence-electron chi connectivity index (χ2n) is 18.5. The van der Waals surface area contributed by atoms with Crippen LogP contribution in [0.5, 0.6) is 0 Å². The van der Waals surface area contributed by atoms with Gasteiger partial charge in [0, 0.05) is 12.8 Å². The average molecular weight is 945 g/mol. The number of esters is 2. The number of phosphoric acid groups is 1. The van der Waals surface area contributed by atoms with Gasteiger partial charge in [-0.2, -0.15) is 0 Å². The fraction of sp³-hybridized carbons (Fsp3) is 0.714. The van der Waals surface area contributed by atoms with Gasteiger partial charge in [-0.3, -0.25) is 18.6 Å². The van der Waals surface area contributed by atoms with E-state index in [4.69, 9.17) is 18.5 Å². The van der Waals surface area contributed by atoms with Crippen LogP contribution in [0.2, 0.25) is 0 Å². The summed E-state index contributed by atoms with van der Waals surface area (Å²) in [6.45, 7) is 4.23. The molecule has 2 atom stereocenters. The zero-order valence-corrected chi connectivity index (χ0v) is 43.8. The van der Waals surface area contributed by atoms with Crippen molar-refractivity contribution >= 4 is 19.8 Å². The van der Waals surface area contributed by atoms with Gasteiger partial charge in [-0.25, -0.2) is 4.57 Å². The lowest BCUT2D eigenvalue weighted by molar-refractivity contribution is -0.870. The summed E-state index contributed by atoms with van der Waals surface area (Å²) < 4.78 is 34.4. The first-order valence-electron chi connectivity index (χ1n) is 26.3. The summed E-state index contributed by atoms with van der Waals surface area (Å²) in [6, 6.07) is 0. The Hall–Kier alpha value is -2.81. The Kier molecular flexibility index (Phi) is 45.3. The molecule has 9 nitrogen and oxygen atoms in total. The van der Waals surface area contributed by atoms with E-state index in [1.165, 1.54) is 116 Å². The summed E-state index contributed by atoms with van der Waals surface area (Å²) in [6.07, 6.45) is 62.3. The summed E-state index contributed by atoms with van der Waals surface area (Å²) in [4.78, 5) is 35.5. The summed E-state index contributed by atoms with van der Waals surface area (Å²) in [7, 11) is 1.42. The largest absolute Gasteiger partial charge is 0.472 e. The third-order valence-electron chi connectivity index (χ3n) is 10.9. The van der Waals surface area contributed by atoms with Crippen LogP contribution in [0.3, 0.4) is 0 Å². The first kappa shape index (κ1) is 63.2. The molecule has 0 aromatic rings. The van der Waals surface area contributed by atoms with Crippen LogP contribution in [-0.4, -0.2) is 74.9 Å². The van der Waals surface area contributed by atoms with Gasteiger partial charge >= 0.3 is 19.8 Å². The second kappa shape index (κ2) is 47.3. The molecule has 0 saturated carbocycles. The highest BCUT2D eigenvalue weighted by molar-refractivity contribution is 7.47. The molecule has 0 aromatic heterocycles. The monoisotopic (exact) mass is 945 g/mol. The van der Waals surface area contributed by atoms with Crippen LogP contribution in [-0.2, 0) is 32.7 Å². The lowest BCUT2D eigenvalue weighted by atomic mass is 10.0. The van der Waals surface area contributed by atoms with Crippen LogP contribution in [0.4, 0.5) is 0 Å². The maximum absolute atomic E-state index is 12.7. The van der Waals surface area contributed by atoms with E-state index in [0.29, 0.717) is 17.4 Å². The van der Waals surface area contributed by atoms with Gasteiger partial charge < -0.3 is 18.9 Å². The fourth-order valence-electron chi connectivity index (χ4n) is 6.86. The third-order valence-corrected chi connectivity index (χ3v) is 11.9. The Morgan fingerprint density at radius 3 is 1.35 bits per heavy atom. The topological polar surface area (TPSA) is 108 Å². The maximum Gasteiger partial charge on any atom is 0.472 e. The highest BCUT2D eigenvalue weighted by atomic mass is 31.2. The summed E-state index contributed by atoms with van der Waals surface area (Å²) in [5, 5.41) is 0. The van der Waals surface area contributed by atoms with Gasteiger partial charge in [0.1, 0.15) is 19.8 Å². The minimum Gasteiger partial charge on any atom is -0.462 e. The zero-order chi connectivity index (χ0) is 48.5. The molecule has 380 valence electrons. The average Bonchev–Trinajstić information content (AvgIpc) is 3.27. The molecule has 0 fully saturated rings. The molecule has 0 aliphatic carbocycles. The van der Waals surface area contributed by atoms with Crippen LogP contribution in [0.25, 0.3) is 0 Å². The van der Waals surface area contributed by atoms with E-state index in [0.717, 1.165) is 57.8 Å². The number of nitrogens with zero attached hydrogens (tertiary/aromatic N) is 1. The number of carbonyl (C=O) groups excluding carboxylic acids is 2. The van der Waals surface area contributed by atoms with Crippen molar-refractivity contribution < 1.29 is 42.1 Å². The van der Waals surface area contributed by atoms with Gasteiger partial charge in [-0.05, 0) is 77.0 Å². The Labute approximate surface area is 405 Å². The molecule has 0 aromatic carbocycles. The molecule has 0 rings (SSSR count). The van der Waals surface area contributed by atoms with Crippen LogP contribution in [0, 0.1) is 0 Å². The molecule has 66 heavy (non-hydrogen) atoms. The van der Waals surface area contributed by atoms with Crippen molar-refractivity contribution in [2.24, 2.45) is 0 Å². The van der Waals surface area contributed by atoms with Crippen LogP contribution < -0.4 is 0 Å². The number of carbonyl (C=O) groups is 2. The number of likely N-dealkylation sites (N-methyl/N-ethyl adjacent to an activating group) is 1. The van der Waals surface area contributed by atoms with Crippen molar-refractivity contribution in [1.29, 1.82) is 0 Å². The van der Waals surface area contributed by atoms with E-state index in [2.05, 4.69) is 86.8 Å². The molecule has 2 unspecified atom stereocenters.